The van der Waals surface area contributed by atoms with Crippen molar-refractivity contribution in [3.8, 4) is 17.2 Å². The van der Waals surface area contributed by atoms with Crippen LogP contribution in [0.4, 0.5) is 16.5 Å². The van der Waals surface area contributed by atoms with E-state index in [1.54, 1.807) is 18.4 Å². The summed E-state index contributed by atoms with van der Waals surface area (Å²) in [5.74, 6) is 0.396. The number of anilines is 3. The molecule has 0 aliphatic rings. The van der Waals surface area contributed by atoms with Gasteiger partial charge in [0, 0.05) is 11.3 Å². The second-order valence-electron chi connectivity index (χ2n) is 7.97. The highest BCUT2D eigenvalue weighted by Gasteiger charge is 2.26. The van der Waals surface area contributed by atoms with Crippen LogP contribution in [0.3, 0.4) is 0 Å². The van der Waals surface area contributed by atoms with E-state index in [2.05, 4.69) is 21.7 Å². The quantitative estimate of drug-likeness (QED) is 0.275. The van der Waals surface area contributed by atoms with Gasteiger partial charge in [-0.1, -0.05) is 42.5 Å². The highest BCUT2D eigenvalue weighted by Crippen LogP contribution is 2.44. The van der Waals surface area contributed by atoms with Crippen molar-refractivity contribution in [2.45, 2.75) is 13.5 Å². The van der Waals surface area contributed by atoms with Crippen LogP contribution >= 0.6 is 11.3 Å². The van der Waals surface area contributed by atoms with Gasteiger partial charge in [0.05, 0.1) is 23.0 Å². The van der Waals surface area contributed by atoms with Gasteiger partial charge in [0.2, 0.25) is 0 Å². The van der Waals surface area contributed by atoms with Crippen LogP contribution in [0, 0.1) is 18.3 Å². The summed E-state index contributed by atoms with van der Waals surface area (Å²) < 4.78 is 6.06. The first-order valence-corrected chi connectivity index (χ1v) is 11.7. The minimum atomic E-state index is -0.321. The topological polar surface area (TPSA) is 117 Å². The fourth-order valence-electron chi connectivity index (χ4n) is 3.93. The number of carbonyl (C=O) groups is 1. The molecule has 2 aromatic carbocycles. The molecule has 5 aromatic rings. The lowest BCUT2D eigenvalue weighted by Gasteiger charge is -2.10. The molecule has 0 aliphatic heterocycles. The third kappa shape index (κ3) is 4.33. The zero-order chi connectivity index (χ0) is 24.4. The van der Waals surface area contributed by atoms with Gasteiger partial charge in [0.15, 0.2) is 0 Å². The summed E-state index contributed by atoms with van der Waals surface area (Å²) in [4.78, 5) is 18.0. The van der Waals surface area contributed by atoms with Crippen molar-refractivity contribution in [1.82, 2.24) is 10.3 Å². The van der Waals surface area contributed by atoms with Crippen LogP contribution in [-0.4, -0.2) is 10.9 Å². The number of nitrogens with one attached hydrogen (secondary N) is 2. The second kappa shape index (κ2) is 9.33. The summed E-state index contributed by atoms with van der Waals surface area (Å²) in [6, 6.07) is 23.2. The van der Waals surface area contributed by atoms with Gasteiger partial charge >= 0.3 is 0 Å². The zero-order valence-corrected chi connectivity index (χ0v) is 19.6. The standard InChI is InChI=1S/C27H21N5O2S/c1-16-7-5-10-18(13-16)31-27-22(26(33)30-15-19-11-6-12-34-19)23-24(35-27)21(17-8-3-2-4-9-17)20(14-28)25(29)32-23/h2-13,31H,15H2,1H3,(H2,29,32)(H,30,33). The van der Waals surface area contributed by atoms with E-state index in [1.807, 2.05) is 61.5 Å². The normalized spacial score (nSPS) is 10.7. The fourth-order valence-corrected chi connectivity index (χ4v) is 5.16. The number of amides is 1. The number of nitriles is 1. The molecule has 0 unspecified atom stereocenters. The molecule has 8 heteroatoms. The molecule has 0 spiro atoms. The average molecular weight is 480 g/mol. The molecule has 7 nitrogen and oxygen atoms in total. The van der Waals surface area contributed by atoms with E-state index in [9.17, 15) is 10.1 Å². The summed E-state index contributed by atoms with van der Waals surface area (Å²) >= 11 is 1.37. The first-order valence-electron chi connectivity index (χ1n) is 10.9. The second-order valence-corrected chi connectivity index (χ2v) is 8.99. The Kier molecular flexibility index (Phi) is 5.92. The smallest absolute Gasteiger partial charge is 0.256 e. The number of aryl methyl sites for hydroxylation is 1. The van der Waals surface area contributed by atoms with E-state index < -0.39 is 0 Å². The van der Waals surface area contributed by atoms with E-state index in [0.29, 0.717) is 32.1 Å². The largest absolute Gasteiger partial charge is 0.467 e. The first-order chi connectivity index (χ1) is 17.0. The molecule has 0 atom stereocenters. The van der Waals surface area contributed by atoms with Gasteiger partial charge in [0.1, 0.15) is 33.8 Å². The molecule has 172 valence electrons. The Morgan fingerprint density at radius 2 is 1.97 bits per heavy atom. The Bertz CT molecular complexity index is 1570. The lowest BCUT2D eigenvalue weighted by atomic mass is 10.00. The third-order valence-electron chi connectivity index (χ3n) is 5.53. The number of furan rings is 1. The van der Waals surface area contributed by atoms with Crippen molar-refractivity contribution >= 4 is 44.0 Å². The predicted molar refractivity (Wildman–Crippen MR) is 139 cm³/mol. The van der Waals surface area contributed by atoms with Crippen LogP contribution in [-0.2, 0) is 6.54 Å². The van der Waals surface area contributed by atoms with Gasteiger partial charge in [-0.2, -0.15) is 5.26 Å². The average Bonchev–Trinajstić information content (AvgIpc) is 3.50. The number of fused-ring (bicyclic) bond motifs is 1. The highest BCUT2D eigenvalue weighted by atomic mass is 32.1. The van der Waals surface area contributed by atoms with E-state index in [-0.39, 0.29) is 23.8 Å². The Balaban J connectivity index is 1.71. The van der Waals surface area contributed by atoms with Crippen LogP contribution in [0.2, 0.25) is 0 Å². The van der Waals surface area contributed by atoms with E-state index in [1.165, 1.54) is 11.3 Å². The van der Waals surface area contributed by atoms with Crippen LogP contribution in [0.15, 0.2) is 77.4 Å². The van der Waals surface area contributed by atoms with E-state index in [4.69, 9.17) is 10.2 Å². The van der Waals surface area contributed by atoms with Crippen molar-refractivity contribution in [3.05, 3.63) is 95.4 Å². The Hall–Kier alpha value is -4.61. The summed E-state index contributed by atoms with van der Waals surface area (Å²) in [7, 11) is 0. The Labute approximate surface area is 205 Å². The molecule has 35 heavy (non-hydrogen) atoms. The van der Waals surface area contributed by atoms with Crippen molar-refractivity contribution in [1.29, 1.82) is 5.26 Å². The molecule has 0 fully saturated rings. The molecular weight excluding hydrogens is 458 g/mol. The number of pyridine rings is 1. The Morgan fingerprint density at radius 1 is 1.14 bits per heavy atom. The summed E-state index contributed by atoms with van der Waals surface area (Å²) in [6.45, 7) is 2.23. The molecule has 0 aliphatic carbocycles. The zero-order valence-electron chi connectivity index (χ0n) is 18.8. The number of hydrogen-bond acceptors (Lipinski definition) is 7. The number of nitrogens with two attached hydrogens (primary N) is 1. The SMILES string of the molecule is Cc1cccc(Nc2sc3c(-c4ccccc4)c(C#N)c(N)nc3c2C(=O)NCc2ccco2)c1. The molecule has 1 amide bonds. The van der Waals surface area contributed by atoms with Gasteiger partial charge in [-0.3, -0.25) is 4.79 Å². The van der Waals surface area contributed by atoms with Crippen LogP contribution in [0.25, 0.3) is 21.3 Å². The lowest BCUT2D eigenvalue weighted by molar-refractivity contribution is 0.0950. The summed E-state index contributed by atoms with van der Waals surface area (Å²) in [5, 5.41) is 16.8. The molecule has 3 aromatic heterocycles. The van der Waals surface area contributed by atoms with Crippen molar-refractivity contribution in [2.75, 3.05) is 11.1 Å². The number of thiophene rings is 1. The van der Waals surface area contributed by atoms with Gasteiger partial charge in [0.25, 0.3) is 5.91 Å². The summed E-state index contributed by atoms with van der Waals surface area (Å²) in [6.07, 6.45) is 1.56. The summed E-state index contributed by atoms with van der Waals surface area (Å²) in [5.41, 5.74) is 10.8. The number of carbonyl (C=O) groups excluding carboxylic acids is 1. The number of rotatable bonds is 6. The van der Waals surface area contributed by atoms with Crippen LogP contribution in [0.5, 0.6) is 0 Å². The molecule has 0 radical (unpaired) electrons. The maximum Gasteiger partial charge on any atom is 0.256 e. The van der Waals surface area contributed by atoms with E-state index in [0.717, 1.165) is 16.8 Å². The first kappa shape index (κ1) is 22.2. The minimum Gasteiger partial charge on any atom is -0.467 e. The number of nitrogen functional groups attached to an aromatic ring is 1. The number of hydrogen-bond donors (Lipinski definition) is 3. The van der Waals surface area contributed by atoms with Crippen molar-refractivity contribution in [3.63, 3.8) is 0 Å². The maximum absolute atomic E-state index is 13.5. The number of aromatic nitrogens is 1. The molecule has 4 N–H and O–H groups in total. The molecule has 3 heterocycles. The van der Waals surface area contributed by atoms with Crippen LogP contribution in [0.1, 0.15) is 27.2 Å². The van der Waals surface area contributed by atoms with Gasteiger partial charge in [-0.05, 0) is 42.3 Å². The predicted octanol–water partition coefficient (Wildman–Crippen LogP) is 5.99. The van der Waals surface area contributed by atoms with E-state index >= 15 is 0 Å². The number of nitrogens with zero attached hydrogens (tertiary/aromatic N) is 2. The highest BCUT2D eigenvalue weighted by molar-refractivity contribution is 7.24. The fraction of sp³-hybridized carbons (Fsp3) is 0.0741. The molecule has 0 saturated heterocycles. The lowest BCUT2D eigenvalue weighted by Crippen LogP contribution is -2.23. The molecule has 5 rings (SSSR count). The minimum absolute atomic E-state index is 0.0823. The van der Waals surface area contributed by atoms with Gasteiger partial charge in [-0.15, -0.1) is 11.3 Å². The molecule has 0 saturated carbocycles. The third-order valence-corrected chi connectivity index (χ3v) is 6.64. The molecule has 0 bridgehead atoms. The molecular formula is C27H21N5O2S. The Morgan fingerprint density at radius 3 is 2.69 bits per heavy atom. The van der Waals surface area contributed by atoms with Gasteiger partial charge in [-0.25, -0.2) is 4.98 Å². The van der Waals surface area contributed by atoms with Crippen molar-refractivity contribution < 1.29 is 9.21 Å². The van der Waals surface area contributed by atoms with Crippen molar-refractivity contribution in [2.24, 2.45) is 0 Å². The van der Waals surface area contributed by atoms with Gasteiger partial charge < -0.3 is 20.8 Å². The van der Waals surface area contributed by atoms with Crippen LogP contribution < -0.4 is 16.4 Å². The number of benzene rings is 2. The monoisotopic (exact) mass is 479 g/mol. The maximum atomic E-state index is 13.5.